The molecule has 0 spiro atoms. The maximum absolute atomic E-state index is 11.5. The van der Waals surface area contributed by atoms with Crippen LogP contribution in [0.25, 0.3) is 0 Å². The first-order valence-electron chi connectivity index (χ1n) is 6.58. The molecular weight excluding hydrogens is 272 g/mol. The molecule has 0 amide bonds. The van der Waals surface area contributed by atoms with E-state index in [1.54, 1.807) is 11.3 Å². The van der Waals surface area contributed by atoms with Gasteiger partial charge in [0.15, 0.2) is 0 Å². The summed E-state index contributed by atoms with van der Waals surface area (Å²) in [5.41, 5.74) is 3.32. The largest absolute Gasteiger partial charge is 0.480 e. The number of carboxylic acids is 1. The molecule has 1 aliphatic rings. The van der Waals surface area contributed by atoms with Crippen molar-refractivity contribution >= 4 is 17.3 Å². The number of hydrogen-bond donors (Lipinski definition) is 1. The molecule has 3 rings (SSSR count). The Kier molecular flexibility index (Phi) is 3.54. The average molecular weight is 288 g/mol. The van der Waals surface area contributed by atoms with Gasteiger partial charge in [-0.1, -0.05) is 24.3 Å². The fourth-order valence-electron chi connectivity index (χ4n) is 2.68. The molecule has 0 saturated heterocycles. The molecule has 104 valence electrons. The minimum absolute atomic E-state index is 0.466. The summed E-state index contributed by atoms with van der Waals surface area (Å²) < 4.78 is 0. The summed E-state index contributed by atoms with van der Waals surface area (Å²) in [6.45, 7) is 3.23. The molecule has 0 fully saturated rings. The number of carbonyl (C=O) groups is 1. The Balaban J connectivity index is 1.86. The van der Waals surface area contributed by atoms with E-state index in [-0.39, 0.29) is 0 Å². The predicted octanol–water partition coefficient (Wildman–Crippen LogP) is 2.46. The molecule has 1 atom stereocenters. The highest BCUT2D eigenvalue weighted by molar-refractivity contribution is 7.09. The number of rotatable bonds is 3. The van der Waals surface area contributed by atoms with Crippen LogP contribution in [0.15, 0.2) is 29.6 Å². The van der Waals surface area contributed by atoms with Crippen LogP contribution >= 0.6 is 11.3 Å². The van der Waals surface area contributed by atoms with Gasteiger partial charge in [-0.3, -0.25) is 9.69 Å². The van der Waals surface area contributed by atoms with Crippen molar-refractivity contribution in [1.29, 1.82) is 0 Å². The number of hydrogen-bond acceptors (Lipinski definition) is 4. The van der Waals surface area contributed by atoms with Gasteiger partial charge in [0, 0.05) is 18.5 Å². The number of benzene rings is 1. The van der Waals surface area contributed by atoms with Crippen LogP contribution in [0.2, 0.25) is 0 Å². The minimum atomic E-state index is -0.758. The van der Waals surface area contributed by atoms with Gasteiger partial charge in [-0.25, -0.2) is 4.98 Å². The Labute approximate surface area is 121 Å². The first-order chi connectivity index (χ1) is 9.63. The highest BCUT2D eigenvalue weighted by atomic mass is 32.1. The molecule has 5 heteroatoms. The van der Waals surface area contributed by atoms with Crippen molar-refractivity contribution in [3.05, 3.63) is 51.5 Å². The Morgan fingerprint density at radius 3 is 2.85 bits per heavy atom. The lowest BCUT2D eigenvalue weighted by Crippen LogP contribution is -2.45. The third kappa shape index (κ3) is 2.59. The molecule has 1 aromatic carbocycles. The first-order valence-corrected chi connectivity index (χ1v) is 7.46. The summed E-state index contributed by atoms with van der Waals surface area (Å²) in [6.07, 6.45) is 0.564. The monoisotopic (exact) mass is 288 g/mol. The molecule has 1 N–H and O–H groups in total. The lowest BCUT2D eigenvalue weighted by molar-refractivity contribution is -0.144. The van der Waals surface area contributed by atoms with Gasteiger partial charge < -0.3 is 5.11 Å². The second-order valence-corrected chi connectivity index (χ2v) is 6.15. The van der Waals surface area contributed by atoms with Gasteiger partial charge in [-0.05, 0) is 24.5 Å². The summed E-state index contributed by atoms with van der Waals surface area (Å²) in [7, 11) is 0. The van der Waals surface area contributed by atoms with Gasteiger partial charge in [-0.15, -0.1) is 11.3 Å². The van der Waals surface area contributed by atoms with Crippen molar-refractivity contribution < 1.29 is 9.90 Å². The summed E-state index contributed by atoms with van der Waals surface area (Å²) in [4.78, 5) is 17.9. The van der Waals surface area contributed by atoms with Crippen LogP contribution in [0, 0.1) is 6.92 Å². The van der Waals surface area contributed by atoms with Crippen LogP contribution in [-0.4, -0.2) is 27.0 Å². The number of thiazole rings is 1. The van der Waals surface area contributed by atoms with E-state index in [0.29, 0.717) is 19.5 Å². The van der Waals surface area contributed by atoms with Crippen molar-refractivity contribution in [3.63, 3.8) is 0 Å². The first kappa shape index (κ1) is 13.3. The lowest BCUT2D eigenvalue weighted by Gasteiger charge is -2.33. The molecule has 1 aliphatic heterocycles. The van der Waals surface area contributed by atoms with Crippen LogP contribution < -0.4 is 0 Å². The highest BCUT2D eigenvalue weighted by Crippen LogP contribution is 2.25. The Morgan fingerprint density at radius 1 is 1.45 bits per heavy atom. The molecule has 2 heterocycles. The summed E-state index contributed by atoms with van der Waals surface area (Å²) in [5, 5.41) is 12.5. The zero-order valence-electron chi connectivity index (χ0n) is 11.2. The molecule has 0 aliphatic carbocycles. The van der Waals surface area contributed by atoms with Crippen molar-refractivity contribution in [2.24, 2.45) is 0 Å². The summed E-state index contributed by atoms with van der Waals surface area (Å²) in [5.74, 6) is -0.758. The second-order valence-electron chi connectivity index (χ2n) is 5.09. The van der Waals surface area contributed by atoms with E-state index in [0.717, 1.165) is 16.3 Å². The van der Waals surface area contributed by atoms with E-state index < -0.39 is 12.0 Å². The SMILES string of the molecule is Cc1nc(CN2Cc3ccccc3CC2C(=O)O)cs1. The number of nitrogens with zero attached hydrogens (tertiary/aromatic N) is 2. The van der Waals surface area contributed by atoms with Gasteiger partial charge in [0.2, 0.25) is 0 Å². The van der Waals surface area contributed by atoms with E-state index >= 15 is 0 Å². The number of fused-ring (bicyclic) bond motifs is 1. The zero-order chi connectivity index (χ0) is 14.1. The van der Waals surface area contributed by atoms with Crippen LogP contribution in [-0.2, 0) is 24.3 Å². The zero-order valence-corrected chi connectivity index (χ0v) is 12.1. The third-order valence-corrected chi connectivity index (χ3v) is 4.48. The summed E-state index contributed by atoms with van der Waals surface area (Å²) in [6, 6.07) is 7.61. The van der Waals surface area contributed by atoms with Crippen LogP contribution in [0.1, 0.15) is 21.8 Å². The second kappa shape index (κ2) is 5.34. The van der Waals surface area contributed by atoms with Gasteiger partial charge in [0.1, 0.15) is 6.04 Å². The molecule has 4 nitrogen and oxygen atoms in total. The Bertz CT molecular complexity index is 638. The fraction of sp³-hybridized carbons (Fsp3) is 0.333. The summed E-state index contributed by atoms with van der Waals surface area (Å²) >= 11 is 1.60. The van der Waals surface area contributed by atoms with Crippen molar-refractivity contribution in [3.8, 4) is 0 Å². The van der Waals surface area contributed by atoms with Gasteiger partial charge in [0.05, 0.1) is 10.7 Å². The normalized spacial score (nSPS) is 18.8. The highest BCUT2D eigenvalue weighted by Gasteiger charge is 2.31. The van der Waals surface area contributed by atoms with Gasteiger partial charge >= 0.3 is 5.97 Å². The van der Waals surface area contributed by atoms with E-state index in [4.69, 9.17) is 0 Å². The van der Waals surface area contributed by atoms with Gasteiger partial charge in [-0.2, -0.15) is 0 Å². The van der Waals surface area contributed by atoms with E-state index in [2.05, 4.69) is 11.1 Å². The van der Waals surface area contributed by atoms with Crippen LogP contribution in [0.5, 0.6) is 0 Å². The van der Waals surface area contributed by atoms with Crippen molar-refractivity contribution in [1.82, 2.24) is 9.88 Å². The number of aryl methyl sites for hydroxylation is 1. The smallest absolute Gasteiger partial charge is 0.321 e. The van der Waals surface area contributed by atoms with E-state index in [9.17, 15) is 9.90 Å². The maximum atomic E-state index is 11.5. The molecule has 0 saturated carbocycles. The molecule has 0 bridgehead atoms. The van der Waals surface area contributed by atoms with Crippen LogP contribution in [0.4, 0.5) is 0 Å². The molecule has 2 aromatic rings. The number of aliphatic carboxylic acids is 1. The molecule has 0 radical (unpaired) electrons. The van der Waals surface area contributed by atoms with E-state index in [1.165, 1.54) is 5.56 Å². The van der Waals surface area contributed by atoms with Gasteiger partial charge in [0.25, 0.3) is 0 Å². The minimum Gasteiger partial charge on any atom is -0.480 e. The average Bonchev–Trinajstić information content (AvgIpc) is 2.83. The Hall–Kier alpha value is -1.72. The fourth-order valence-corrected chi connectivity index (χ4v) is 3.28. The number of carboxylic acid groups (broad SMARTS) is 1. The van der Waals surface area contributed by atoms with Crippen molar-refractivity contribution in [2.75, 3.05) is 0 Å². The Morgan fingerprint density at radius 2 is 2.20 bits per heavy atom. The molecule has 20 heavy (non-hydrogen) atoms. The molecule has 1 aromatic heterocycles. The standard InChI is InChI=1S/C15H16N2O2S/c1-10-16-13(9-20-10)8-17-7-12-5-3-2-4-11(12)6-14(17)15(18)19/h2-5,9,14H,6-8H2,1H3,(H,18,19). The van der Waals surface area contributed by atoms with Crippen molar-refractivity contribution in [2.45, 2.75) is 32.5 Å². The molecular formula is C15H16N2O2S. The maximum Gasteiger partial charge on any atom is 0.321 e. The van der Waals surface area contributed by atoms with E-state index in [1.807, 2.05) is 35.4 Å². The topological polar surface area (TPSA) is 53.4 Å². The lowest BCUT2D eigenvalue weighted by atomic mass is 9.94. The molecule has 1 unspecified atom stereocenters. The number of aromatic nitrogens is 1. The van der Waals surface area contributed by atoms with Crippen LogP contribution in [0.3, 0.4) is 0 Å². The predicted molar refractivity (Wildman–Crippen MR) is 77.7 cm³/mol. The third-order valence-electron chi connectivity index (χ3n) is 3.66. The quantitative estimate of drug-likeness (QED) is 0.942.